The van der Waals surface area contributed by atoms with Gasteiger partial charge in [-0.2, -0.15) is 0 Å². The molecule has 2 aromatic rings. The van der Waals surface area contributed by atoms with Gasteiger partial charge in [-0.25, -0.2) is 8.42 Å². The van der Waals surface area contributed by atoms with E-state index in [0.717, 1.165) is 11.3 Å². The van der Waals surface area contributed by atoms with Crippen molar-refractivity contribution >= 4 is 27.3 Å². The monoisotopic (exact) mass is 360 g/mol. The lowest BCUT2D eigenvalue weighted by molar-refractivity contribution is -0.116. The first-order valence-corrected chi connectivity index (χ1v) is 9.56. The van der Waals surface area contributed by atoms with Crippen molar-refractivity contribution in [1.82, 2.24) is 0 Å². The van der Waals surface area contributed by atoms with Gasteiger partial charge in [-0.15, -0.1) is 0 Å². The lowest BCUT2D eigenvalue weighted by Gasteiger charge is -2.15. The molecule has 1 heterocycles. The molecular weight excluding hydrogens is 340 g/mol. The van der Waals surface area contributed by atoms with Crippen LogP contribution in [-0.2, 0) is 21.2 Å². The maximum atomic E-state index is 12.5. The average molecular weight is 360 g/mol. The molecule has 0 atom stereocenters. The van der Waals surface area contributed by atoms with Crippen molar-refractivity contribution in [1.29, 1.82) is 0 Å². The number of anilines is 2. The van der Waals surface area contributed by atoms with Crippen molar-refractivity contribution in [2.75, 3.05) is 22.8 Å². The van der Waals surface area contributed by atoms with E-state index in [1.165, 1.54) is 19.1 Å². The molecule has 0 spiro atoms. The van der Waals surface area contributed by atoms with Gasteiger partial charge in [-0.05, 0) is 61.4 Å². The predicted molar refractivity (Wildman–Crippen MR) is 96.6 cm³/mol. The highest BCUT2D eigenvalue weighted by Crippen LogP contribution is 2.31. The van der Waals surface area contributed by atoms with E-state index in [1.54, 1.807) is 35.2 Å². The Balaban J connectivity index is 1.81. The van der Waals surface area contributed by atoms with E-state index in [-0.39, 0.29) is 10.8 Å². The Morgan fingerprint density at radius 3 is 2.56 bits per heavy atom. The normalized spacial score (nSPS) is 13.4. The second-order valence-corrected chi connectivity index (χ2v) is 7.46. The summed E-state index contributed by atoms with van der Waals surface area (Å²) >= 11 is 0. The lowest BCUT2D eigenvalue weighted by atomic mass is 10.1. The number of fused-ring (bicyclic) bond motifs is 1. The van der Waals surface area contributed by atoms with E-state index in [2.05, 4.69) is 4.72 Å². The third-order valence-corrected chi connectivity index (χ3v) is 5.45. The number of nitrogens with one attached hydrogen (secondary N) is 1. The van der Waals surface area contributed by atoms with Crippen LogP contribution < -0.4 is 14.4 Å². The molecule has 6 nitrogen and oxygen atoms in total. The third kappa shape index (κ3) is 3.61. The summed E-state index contributed by atoms with van der Waals surface area (Å²) in [6.45, 7) is 4.54. The first-order chi connectivity index (χ1) is 11.9. The molecule has 1 aliphatic heterocycles. The van der Waals surface area contributed by atoms with Crippen molar-refractivity contribution < 1.29 is 17.9 Å². The van der Waals surface area contributed by atoms with Gasteiger partial charge in [-0.1, -0.05) is 0 Å². The third-order valence-electron chi connectivity index (χ3n) is 4.05. The molecule has 0 unspecified atom stereocenters. The Labute approximate surface area is 147 Å². The van der Waals surface area contributed by atoms with Gasteiger partial charge in [0.1, 0.15) is 5.75 Å². The minimum absolute atomic E-state index is 0.0125. The highest BCUT2D eigenvalue weighted by molar-refractivity contribution is 7.92. The summed E-state index contributed by atoms with van der Waals surface area (Å²) in [4.78, 5) is 13.4. The fourth-order valence-electron chi connectivity index (χ4n) is 2.89. The highest BCUT2D eigenvalue weighted by atomic mass is 32.2. The van der Waals surface area contributed by atoms with Gasteiger partial charge in [0.2, 0.25) is 5.91 Å². The largest absolute Gasteiger partial charge is 0.494 e. The molecule has 0 saturated heterocycles. The summed E-state index contributed by atoms with van der Waals surface area (Å²) in [5, 5.41) is 0. The number of carbonyl (C=O) groups excluding carboxylic acids is 1. The molecule has 0 saturated carbocycles. The molecule has 0 bridgehead atoms. The van der Waals surface area contributed by atoms with E-state index < -0.39 is 10.0 Å². The predicted octanol–water partition coefficient (Wildman–Crippen LogP) is 2.80. The van der Waals surface area contributed by atoms with Gasteiger partial charge in [-0.3, -0.25) is 9.52 Å². The number of hydrogen-bond acceptors (Lipinski definition) is 4. The zero-order valence-corrected chi connectivity index (χ0v) is 15.0. The first-order valence-electron chi connectivity index (χ1n) is 8.07. The average Bonchev–Trinajstić information content (AvgIpc) is 2.98. The molecule has 3 rings (SSSR count). The second kappa shape index (κ2) is 6.76. The van der Waals surface area contributed by atoms with Gasteiger partial charge in [0, 0.05) is 24.8 Å². The van der Waals surface area contributed by atoms with Crippen LogP contribution in [0.2, 0.25) is 0 Å². The fraction of sp³-hybridized carbons (Fsp3) is 0.278. The van der Waals surface area contributed by atoms with Gasteiger partial charge in [0.25, 0.3) is 10.0 Å². The van der Waals surface area contributed by atoms with Gasteiger partial charge < -0.3 is 9.64 Å². The van der Waals surface area contributed by atoms with Crippen LogP contribution in [0.5, 0.6) is 5.75 Å². The van der Waals surface area contributed by atoms with Gasteiger partial charge in [0.05, 0.1) is 11.5 Å². The topological polar surface area (TPSA) is 75.7 Å². The Hall–Kier alpha value is -2.54. The van der Waals surface area contributed by atoms with Crippen molar-refractivity contribution in [3.8, 4) is 5.75 Å². The quantitative estimate of drug-likeness (QED) is 0.890. The van der Waals surface area contributed by atoms with Crippen LogP contribution in [0.3, 0.4) is 0 Å². The molecule has 1 N–H and O–H groups in total. The Kier molecular flexibility index (Phi) is 4.67. The van der Waals surface area contributed by atoms with Gasteiger partial charge >= 0.3 is 0 Å². The van der Waals surface area contributed by atoms with E-state index >= 15 is 0 Å². The molecular formula is C18H20N2O4S. The minimum atomic E-state index is -3.68. The van der Waals surface area contributed by atoms with E-state index in [9.17, 15) is 13.2 Å². The molecule has 25 heavy (non-hydrogen) atoms. The first kappa shape index (κ1) is 17.3. The molecule has 1 amide bonds. The van der Waals surface area contributed by atoms with Crippen LogP contribution in [0.4, 0.5) is 11.4 Å². The van der Waals surface area contributed by atoms with Crippen LogP contribution >= 0.6 is 0 Å². The van der Waals surface area contributed by atoms with Crippen LogP contribution in [0.15, 0.2) is 47.4 Å². The van der Waals surface area contributed by atoms with E-state index in [0.29, 0.717) is 31.0 Å². The lowest BCUT2D eigenvalue weighted by Crippen LogP contribution is -2.25. The SMILES string of the molecule is CCOc1ccc(S(=O)(=O)Nc2ccc3c(c2)CCN3C(C)=O)cc1. The maximum Gasteiger partial charge on any atom is 0.261 e. The number of benzene rings is 2. The summed E-state index contributed by atoms with van der Waals surface area (Å²) in [6.07, 6.45) is 0.716. The van der Waals surface area contributed by atoms with E-state index in [1.807, 2.05) is 6.92 Å². The maximum absolute atomic E-state index is 12.5. The molecule has 0 aromatic heterocycles. The van der Waals surface area contributed by atoms with Crippen LogP contribution in [-0.4, -0.2) is 27.5 Å². The Morgan fingerprint density at radius 2 is 1.92 bits per heavy atom. The molecule has 2 aromatic carbocycles. The van der Waals surface area contributed by atoms with Crippen molar-refractivity contribution in [2.45, 2.75) is 25.2 Å². The van der Waals surface area contributed by atoms with Crippen molar-refractivity contribution in [3.63, 3.8) is 0 Å². The number of ether oxygens (including phenoxy) is 1. The number of carbonyl (C=O) groups is 1. The second-order valence-electron chi connectivity index (χ2n) is 5.77. The summed E-state index contributed by atoms with van der Waals surface area (Å²) in [6, 6.07) is 11.5. The molecule has 0 radical (unpaired) electrons. The number of amides is 1. The summed E-state index contributed by atoms with van der Waals surface area (Å²) in [5.74, 6) is 0.616. The standard InChI is InChI=1S/C18H20N2O4S/c1-3-24-16-5-7-17(8-6-16)25(22,23)19-15-4-9-18-14(12-15)10-11-20(18)13(2)21/h4-9,12,19H,3,10-11H2,1-2H3. The summed E-state index contributed by atoms with van der Waals surface area (Å²) < 4.78 is 33.0. The summed E-state index contributed by atoms with van der Waals surface area (Å²) in [5.41, 5.74) is 2.29. The van der Waals surface area contributed by atoms with Crippen LogP contribution in [0.25, 0.3) is 0 Å². The van der Waals surface area contributed by atoms with Crippen LogP contribution in [0.1, 0.15) is 19.4 Å². The van der Waals surface area contributed by atoms with Crippen LogP contribution in [0, 0.1) is 0 Å². The zero-order valence-electron chi connectivity index (χ0n) is 14.2. The Morgan fingerprint density at radius 1 is 1.20 bits per heavy atom. The highest BCUT2D eigenvalue weighted by Gasteiger charge is 2.23. The van der Waals surface area contributed by atoms with E-state index in [4.69, 9.17) is 4.74 Å². The summed E-state index contributed by atoms with van der Waals surface area (Å²) in [7, 11) is -3.68. The van der Waals surface area contributed by atoms with Crippen molar-refractivity contribution in [2.24, 2.45) is 0 Å². The number of sulfonamides is 1. The zero-order chi connectivity index (χ0) is 18.0. The number of nitrogens with zero attached hydrogens (tertiary/aromatic N) is 1. The molecule has 1 aliphatic rings. The molecule has 7 heteroatoms. The molecule has 0 fully saturated rings. The van der Waals surface area contributed by atoms with Gasteiger partial charge in [0.15, 0.2) is 0 Å². The molecule has 132 valence electrons. The Bertz CT molecular complexity index is 892. The number of hydrogen-bond donors (Lipinski definition) is 1. The minimum Gasteiger partial charge on any atom is -0.494 e. The van der Waals surface area contributed by atoms with Crippen molar-refractivity contribution in [3.05, 3.63) is 48.0 Å². The molecule has 0 aliphatic carbocycles. The fourth-order valence-corrected chi connectivity index (χ4v) is 3.94. The number of rotatable bonds is 5. The smallest absolute Gasteiger partial charge is 0.261 e.